The van der Waals surface area contributed by atoms with E-state index in [1.165, 1.54) is 12.1 Å². The fraction of sp³-hybridized carbons (Fsp3) is 0.167. The minimum Gasteiger partial charge on any atom is -0.475 e. The molecule has 6 heteroatoms. The highest BCUT2D eigenvalue weighted by molar-refractivity contribution is 7.07. The van der Waals surface area contributed by atoms with Crippen LogP contribution in [0.4, 0.5) is 0 Å². The molecule has 94 valence electrons. The fourth-order valence-corrected chi connectivity index (χ4v) is 2.12. The van der Waals surface area contributed by atoms with Crippen molar-refractivity contribution in [2.45, 2.75) is 6.42 Å². The summed E-state index contributed by atoms with van der Waals surface area (Å²) in [6, 6.07) is 4.60. The molecule has 0 aliphatic rings. The predicted molar refractivity (Wildman–Crippen MR) is 66.0 cm³/mol. The Morgan fingerprint density at radius 3 is 2.67 bits per heavy atom. The van der Waals surface area contributed by atoms with Gasteiger partial charge in [0.25, 0.3) is 5.91 Å². The van der Waals surface area contributed by atoms with Crippen molar-refractivity contribution in [2.24, 2.45) is 0 Å². The van der Waals surface area contributed by atoms with Gasteiger partial charge in [0.2, 0.25) is 5.76 Å². The molecule has 0 bridgehead atoms. The zero-order chi connectivity index (χ0) is 13.0. The van der Waals surface area contributed by atoms with E-state index < -0.39 is 11.9 Å². The lowest BCUT2D eigenvalue weighted by molar-refractivity contribution is 0.0659. The van der Waals surface area contributed by atoms with Crippen LogP contribution >= 0.6 is 11.3 Å². The van der Waals surface area contributed by atoms with Crippen LogP contribution in [0.3, 0.4) is 0 Å². The zero-order valence-electron chi connectivity index (χ0n) is 9.38. The number of aromatic carboxylic acids is 1. The van der Waals surface area contributed by atoms with Crippen LogP contribution in [0.1, 0.15) is 26.7 Å². The van der Waals surface area contributed by atoms with Gasteiger partial charge >= 0.3 is 5.97 Å². The van der Waals surface area contributed by atoms with Crippen LogP contribution in [0.5, 0.6) is 0 Å². The Bertz CT molecular complexity index is 544. The third kappa shape index (κ3) is 2.98. The van der Waals surface area contributed by atoms with Gasteiger partial charge in [-0.1, -0.05) is 0 Å². The van der Waals surface area contributed by atoms with Gasteiger partial charge in [-0.05, 0) is 40.9 Å². The number of furan rings is 1. The fourth-order valence-electron chi connectivity index (χ4n) is 1.42. The van der Waals surface area contributed by atoms with Crippen LogP contribution in [0.15, 0.2) is 33.4 Å². The molecule has 1 amide bonds. The summed E-state index contributed by atoms with van der Waals surface area (Å²) in [5.41, 5.74) is 1.16. The van der Waals surface area contributed by atoms with Gasteiger partial charge in [-0.2, -0.15) is 11.3 Å². The number of carboxylic acid groups (broad SMARTS) is 1. The van der Waals surface area contributed by atoms with Gasteiger partial charge in [-0.3, -0.25) is 4.79 Å². The number of nitrogens with one attached hydrogen (secondary N) is 1. The van der Waals surface area contributed by atoms with Gasteiger partial charge in [0.1, 0.15) is 0 Å². The molecule has 18 heavy (non-hydrogen) atoms. The summed E-state index contributed by atoms with van der Waals surface area (Å²) in [5, 5.41) is 15.3. The Hall–Kier alpha value is -2.08. The summed E-state index contributed by atoms with van der Waals surface area (Å²) in [4.78, 5) is 22.2. The molecule has 0 fully saturated rings. The number of hydrogen-bond donors (Lipinski definition) is 2. The monoisotopic (exact) mass is 265 g/mol. The van der Waals surface area contributed by atoms with E-state index in [-0.39, 0.29) is 11.5 Å². The number of carbonyl (C=O) groups excluding carboxylic acids is 1. The van der Waals surface area contributed by atoms with Crippen LogP contribution in [-0.4, -0.2) is 23.5 Å². The maximum atomic E-state index is 11.6. The summed E-state index contributed by atoms with van der Waals surface area (Å²) >= 11 is 1.60. The summed E-state index contributed by atoms with van der Waals surface area (Å²) < 4.78 is 4.89. The largest absolute Gasteiger partial charge is 0.475 e. The van der Waals surface area contributed by atoms with Crippen molar-refractivity contribution >= 4 is 23.2 Å². The van der Waals surface area contributed by atoms with Crippen molar-refractivity contribution in [3.8, 4) is 0 Å². The van der Waals surface area contributed by atoms with E-state index in [1.54, 1.807) is 11.3 Å². The standard InChI is InChI=1S/C12H11NO4S/c14-11(9-1-2-10(17-9)12(15)16)13-5-3-8-4-6-18-7-8/h1-2,4,6-7H,3,5H2,(H,13,14)(H,15,16). The number of thiophene rings is 1. The average Bonchev–Trinajstić information content (AvgIpc) is 2.99. The third-order valence-electron chi connectivity index (χ3n) is 2.32. The lowest BCUT2D eigenvalue weighted by atomic mass is 10.2. The highest BCUT2D eigenvalue weighted by atomic mass is 32.1. The summed E-state index contributed by atoms with van der Waals surface area (Å²) in [5.74, 6) is -1.82. The molecule has 0 aromatic carbocycles. The molecule has 0 atom stereocenters. The quantitative estimate of drug-likeness (QED) is 0.866. The highest BCUT2D eigenvalue weighted by Crippen LogP contribution is 2.08. The number of carboxylic acids is 1. The van der Waals surface area contributed by atoms with Crippen molar-refractivity contribution < 1.29 is 19.1 Å². The van der Waals surface area contributed by atoms with Crippen molar-refractivity contribution in [1.29, 1.82) is 0 Å². The first kappa shape index (κ1) is 12.4. The maximum Gasteiger partial charge on any atom is 0.371 e. The molecule has 0 aliphatic carbocycles. The van der Waals surface area contributed by atoms with E-state index in [2.05, 4.69) is 5.32 Å². The van der Waals surface area contributed by atoms with Gasteiger partial charge in [-0.25, -0.2) is 4.79 Å². The van der Waals surface area contributed by atoms with Crippen molar-refractivity contribution in [3.63, 3.8) is 0 Å². The van der Waals surface area contributed by atoms with Gasteiger partial charge in [0.05, 0.1) is 0 Å². The SMILES string of the molecule is O=C(O)c1ccc(C(=O)NCCc2ccsc2)o1. The number of amides is 1. The molecular weight excluding hydrogens is 254 g/mol. The van der Waals surface area contributed by atoms with Gasteiger partial charge < -0.3 is 14.8 Å². The normalized spacial score (nSPS) is 10.2. The van der Waals surface area contributed by atoms with E-state index in [0.717, 1.165) is 12.0 Å². The summed E-state index contributed by atoms with van der Waals surface area (Å²) in [7, 11) is 0. The Labute approximate surface area is 107 Å². The first-order valence-corrected chi connectivity index (χ1v) is 6.23. The molecule has 0 aliphatic heterocycles. The van der Waals surface area contributed by atoms with Crippen LogP contribution in [-0.2, 0) is 6.42 Å². The smallest absolute Gasteiger partial charge is 0.371 e. The van der Waals surface area contributed by atoms with Gasteiger partial charge in [0.15, 0.2) is 5.76 Å². The average molecular weight is 265 g/mol. The first-order chi connectivity index (χ1) is 8.66. The minimum absolute atomic E-state index is 0.0118. The third-order valence-corrected chi connectivity index (χ3v) is 3.05. The predicted octanol–water partition coefficient (Wildman–Crippen LogP) is 2.01. The zero-order valence-corrected chi connectivity index (χ0v) is 10.2. The van der Waals surface area contributed by atoms with Crippen molar-refractivity contribution in [3.05, 3.63) is 46.0 Å². The molecule has 0 unspecified atom stereocenters. The van der Waals surface area contributed by atoms with E-state index in [4.69, 9.17) is 9.52 Å². The van der Waals surface area contributed by atoms with Crippen LogP contribution in [0.2, 0.25) is 0 Å². The molecule has 2 aromatic heterocycles. The van der Waals surface area contributed by atoms with Crippen molar-refractivity contribution in [1.82, 2.24) is 5.32 Å². The molecule has 0 saturated heterocycles. The molecule has 2 aromatic rings. The second-order valence-electron chi connectivity index (χ2n) is 3.61. The van der Waals surface area contributed by atoms with Crippen LogP contribution in [0, 0.1) is 0 Å². The number of carbonyl (C=O) groups is 2. The Kier molecular flexibility index (Phi) is 3.78. The Morgan fingerprint density at radius 2 is 2.06 bits per heavy atom. The summed E-state index contributed by atoms with van der Waals surface area (Å²) in [6.07, 6.45) is 0.738. The summed E-state index contributed by atoms with van der Waals surface area (Å²) in [6.45, 7) is 0.485. The van der Waals surface area contributed by atoms with E-state index in [9.17, 15) is 9.59 Å². The molecule has 2 rings (SSSR count). The minimum atomic E-state index is -1.19. The van der Waals surface area contributed by atoms with Gasteiger partial charge in [0, 0.05) is 6.54 Å². The van der Waals surface area contributed by atoms with Crippen LogP contribution in [0.25, 0.3) is 0 Å². The topological polar surface area (TPSA) is 79.5 Å². The Morgan fingerprint density at radius 1 is 1.28 bits per heavy atom. The lowest BCUT2D eigenvalue weighted by Gasteiger charge is -2.01. The Balaban J connectivity index is 1.85. The van der Waals surface area contributed by atoms with Gasteiger partial charge in [-0.15, -0.1) is 0 Å². The van der Waals surface area contributed by atoms with Crippen molar-refractivity contribution in [2.75, 3.05) is 6.54 Å². The maximum absolute atomic E-state index is 11.6. The van der Waals surface area contributed by atoms with E-state index in [0.29, 0.717) is 6.54 Å². The van der Waals surface area contributed by atoms with E-state index in [1.807, 2.05) is 16.8 Å². The lowest BCUT2D eigenvalue weighted by Crippen LogP contribution is -2.25. The second kappa shape index (κ2) is 5.50. The molecular formula is C12H11NO4S. The molecule has 2 N–H and O–H groups in total. The molecule has 0 radical (unpaired) electrons. The molecule has 0 saturated carbocycles. The molecule has 0 spiro atoms. The second-order valence-corrected chi connectivity index (χ2v) is 4.39. The molecule has 5 nitrogen and oxygen atoms in total. The number of hydrogen-bond acceptors (Lipinski definition) is 4. The van der Waals surface area contributed by atoms with Crippen LogP contribution < -0.4 is 5.32 Å². The number of rotatable bonds is 5. The molecule has 2 heterocycles. The highest BCUT2D eigenvalue weighted by Gasteiger charge is 2.14. The first-order valence-electron chi connectivity index (χ1n) is 5.29. The van der Waals surface area contributed by atoms with E-state index >= 15 is 0 Å².